The number of nitrogens with one attached hydrogen (secondary N) is 1. The molecule has 0 radical (unpaired) electrons. The van der Waals surface area contributed by atoms with E-state index in [-0.39, 0.29) is 11.5 Å². The van der Waals surface area contributed by atoms with Crippen molar-refractivity contribution in [2.24, 2.45) is 0 Å². The van der Waals surface area contributed by atoms with E-state index in [0.29, 0.717) is 18.8 Å². The van der Waals surface area contributed by atoms with Crippen LogP contribution in [0.25, 0.3) is 0 Å². The number of aromatic nitrogens is 2. The first kappa shape index (κ1) is 17.5. The summed E-state index contributed by atoms with van der Waals surface area (Å²) in [5.41, 5.74) is 2.21. The summed E-state index contributed by atoms with van der Waals surface area (Å²) in [4.78, 5) is 34.8. The number of likely N-dealkylation sites (tertiary alicyclic amines) is 1. The number of hydrogen-bond donors (Lipinski definition) is 1. The number of nitrogens with zero attached hydrogens (tertiary/aromatic N) is 2. The molecule has 2 aliphatic rings. The van der Waals surface area contributed by atoms with Crippen LogP contribution in [0.5, 0.6) is 0 Å². The van der Waals surface area contributed by atoms with Crippen molar-refractivity contribution in [3.05, 3.63) is 49.8 Å². The maximum Gasteiger partial charge on any atom is 0.247 e. The average Bonchev–Trinajstić information content (AvgIpc) is 3.12. The van der Waals surface area contributed by atoms with Crippen molar-refractivity contribution in [1.29, 1.82) is 0 Å². The van der Waals surface area contributed by atoms with Crippen molar-refractivity contribution in [1.82, 2.24) is 14.9 Å². The van der Waals surface area contributed by atoms with Gasteiger partial charge in [-0.25, -0.2) is 4.98 Å². The van der Waals surface area contributed by atoms with Gasteiger partial charge < -0.3 is 9.88 Å². The van der Waals surface area contributed by atoms with Gasteiger partial charge in [-0.2, -0.15) is 0 Å². The van der Waals surface area contributed by atoms with Crippen LogP contribution in [-0.4, -0.2) is 33.9 Å². The number of hydrogen-bond acceptors (Lipinski definition) is 4. The van der Waals surface area contributed by atoms with Crippen LogP contribution in [0.1, 0.15) is 59.2 Å². The van der Waals surface area contributed by atoms with E-state index < -0.39 is 0 Å². The molecule has 4 rings (SSSR count). The van der Waals surface area contributed by atoms with Crippen LogP contribution >= 0.6 is 11.3 Å². The smallest absolute Gasteiger partial charge is 0.247 e. The third kappa shape index (κ3) is 3.90. The molecule has 1 aliphatic heterocycles. The van der Waals surface area contributed by atoms with E-state index in [1.165, 1.54) is 40.9 Å². The van der Waals surface area contributed by atoms with E-state index in [1.54, 1.807) is 12.3 Å². The summed E-state index contributed by atoms with van der Waals surface area (Å²) in [6.45, 7) is 1.66. The van der Waals surface area contributed by atoms with Crippen LogP contribution in [-0.2, 0) is 24.1 Å². The van der Waals surface area contributed by atoms with Gasteiger partial charge >= 0.3 is 0 Å². The molecule has 26 heavy (non-hydrogen) atoms. The SMILES string of the molecule is O=C(CCc1ccc(=O)[nH]c1)N1CCCC(c2nc3c(s2)CCCC3)C1. The van der Waals surface area contributed by atoms with E-state index in [4.69, 9.17) is 4.98 Å². The molecule has 0 aromatic carbocycles. The van der Waals surface area contributed by atoms with Crippen LogP contribution in [0.15, 0.2) is 23.1 Å². The fraction of sp³-hybridized carbons (Fsp3) is 0.550. The van der Waals surface area contributed by atoms with Gasteiger partial charge in [0, 0.05) is 42.6 Å². The molecule has 2 aromatic rings. The molecule has 2 aromatic heterocycles. The molecule has 0 spiro atoms. The van der Waals surface area contributed by atoms with Crippen LogP contribution < -0.4 is 5.56 Å². The van der Waals surface area contributed by atoms with Crippen LogP contribution in [0, 0.1) is 0 Å². The number of aromatic amines is 1. The van der Waals surface area contributed by atoms with Crippen LogP contribution in [0.3, 0.4) is 0 Å². The van der Waals surface area contributed by atoms with E-state index in [0.717, 1.165) is 37.9 Å². The summed E-state index contributed by atoms with van der Waals surface area (Å²) < 4.78 is 0. The Morgan fingerprint density at radius 2 is 2.15 bits per heavy atom. The lowest BCUT2D eigenvalue weighted by molar-refractivity contribution is -0.132. The highest BCUT2D eigenvalue weighted by Crippen LogP contribution is 2.34. The molecule has 1 aliphatic carbocycles. The molecule has 1 unspecified atom stereocenters. The topological polar surface area (TPSA) is 66.1 Å². The lowest BCUT2D eigenvalue weighted by Gasteiger charge is -2.32. The number of H-pyrrole nitrogens is 1. The number of pyridine rings is 1. The molecule has 1 saturated heterocycles. The van der Waals surface area contributed by atoms with Crippen molar-refractivity contribution in [3.63, 3.8) is 0 Å². The second-order valence-electron chi connectivity index (χ2n) is 7.37. The predicted octanol–water partition coefficient (Wildman–Crippen LogP) is 3.05. The highest BCUT2D eigenvalue weighted by molar-refractivity contribution is 7.11. The van der Waals surface area contributed by atoms with Gasteiger partial charge in [-0.3, -0.25) is 9.59 Å². The predicted molar refractivity (Wildman–Crippen MR) is 103 cm³/mol. The minimum atomic E-state index is -0.106. The summed E-state index contributed by atoms with van der Waals surface area (Å²) in [6, 6.07) is 3.31. The molecular weight excluding hydrogens is 346 g/mol. The van der Waals surface area contributed by atoms with E-state index in [9.17, 15) is 9.59 Å². The number of amides is 1. The van der Waals surface area contributed by atoms with Gasteiger partial charge in [-0.15, -0.1) is 11.3 Å². The minimum Gasteiger partial charge on any atom is -0.342 e. The zero-order chi connectivity index (χ0) is 17.9. The number of rotatable bonds is 4. The summed E-state index contributed by atoms with van der Waals surface area (Å²) in [6.07, 6.45) is 9.91. The molecule has 1 fully saturated rings. The number of piperidine rings is 1. The Balaban J connectivity index is 1.36. The number of carbonyl (C=O) groups excluding carboxylic acids is 1. The maximum absolute atomic E-state index is 12.6. The normalized spacial score (nSPS) is 20.0. The molecule has 1 amide bonds. The molecule has 3 heterocycles. The highest BCUT2D eigenvalue weighted by atomic mass is 32.1. The van der Waals surface area contributed by atoms with Crippen molar-refractivity contribution in [3.8, 4) is 0 Å². The number of aryl methyl sites for hydroxylation is 3. The average molecular weight is 372 g/mol. The summed E-state index contributed by atoms with van der Waals surface area (Å²) in [7, 11) is 0. The second-order valence-corrected chi connectivity index (χ2v) is 8.48. The molecule has 1 N–H and O–H groups in total. The number of fused-ring (bicyclic) bond motifs is 1. The van der Waals surface area contributed by atoms with Crippen LogP contribution in [0.4, 0.5) is 0 Å². The zero-order valence-corrected chi connectivity index (χ0v) is 15.8. The van der Waals surface area contributed by atoms with Crippen LogP contribution in [0.2, 0.25) is 0 Å². The van der Waals surface area contributed by atoms with Gasteiger partial charge in [0.1, 0.15) is 0 Å². The van der Waals surface area contributed by atoms with E-state index >= 15 is 0 Å². The van der Waals surface area contributed by atoms with Gasteiger partial charge in [0.25, 0.3) is 0 Å². The molecule has 0 saturated carbocycles. The Kier molecular flexibility index (Phi) is 5.20. The first-order chi connectivity index (χ1) is 12.7. The van der Waals surface area contributed by atoms with Gasteiger partial charge in [-0.1, -0.05) is 6.07 Å². The lowest BCUT2D eigenvalue weighted by atomic mass is 9.97. The molecule has 5 nitrogen and oxygen atoms in total. The van der Waals surface area contributed by atoms with E-state index in [2.05, 4.69) is 4.98 Å². The standard InChI is InChI=1S/C20H25N3O2S/c24-18-9-7-14(12-21-18)8-10-19(25)23-11-3-4-15(13-23)20-22-16-5-1-2-6-17(16)26-20/h7,9,12,15H,1-6,8,10-11,13H2,(H,21,24). The van der Waals surface area contributed by atoms with E-state index in [1.807, 2.05) is 16.2 Å². The summed E-state index contributed by atoms with van der Waals surface area (Å²) in [5, 5.41) is 1.25. The Labute approximate surface area is 157 Å². The highest BCUT2D eigenvalue weighted by Gasteiger charge is 2.28. The zero-order valence-electron chi connectivity index (χ0n) is 15.0. The molecule has 138 valence electrons. The molecule has 0 bridgehead atoms. The third-order valence-electron chi connectivity index (χ3n) is 5.46. The first-order valence-corrected chi connectivity index (χ1v) is 10.4. The monoisotopic (exact) mass is 371 g/mol. The Morgan fingerprint density at radius 1 is 1.27 bits per heavy atom. The Morgan fingerprint density at radius 3 is 2.96 bits per heavy atom. The largest absolute Gasteiger partial charge is 0.342 e. The van der Waals surface area contributed by atoms with Gasteiger partial charge in [0.05, 0.1) is 10.7 Å². The summed E-state index contributed by atoms with van der Waals surface area (Å²) >= 11 is 1.88. The second kappa shape index (κ2) is 7.74. The van der Waals surface area contributed by atoms with Gasteiger partial charge in [0.2, 0.25) is 11.5 Å². The quantitative estimate of drug-likeness (QED) is 0.898. The summed E-state index contributed by atoms with van der Waals surface area (Å²) in [5.74, 6) is 0.610. The van der Waals surface area contributed by atoms with Gasteiger partial charge in [0.15, 0.2) is 0 Å². The van der Waals surface area contributed by atoms with Crippen molar-refractivity contribution in [2.45, 2.75) is 57.3 Å². The number of thiazole rings is 1. The van der Waals surface area contributed by atoms with Crippen molar-refractivity contribution >= 4 is 17.2 Å². The van der Waals surface area contributed by atoms with Crippen molar-refractivity contribution in [2.75, 3.05) is 13.1 Å². The molecule has 1 atom stereocenters. The maximum atomic E-state index is 12.6. The molecule has 6 heteroatoms. The fourth-order valence-electron chi connectivity index (χ4n) is 3.96. The minimum absolute atomic E-state index is 0.106. The number of carbonyl (C=O) groups is 1. The molecular formula is C20H25N3O2S. The Bertz CT molecular complexity index is 798. The van der Waals surface area contributed by atoms with Gasteiger partial charge in [-0.05, 0) is 50.5 Å². The first-order valence-electron chi connectivity index (χ1n) is 9.63. The lowest BCUT2D eigenvalue weighted by Crippen LogP contribution is -2.39. The third-order valence-corrected chi connectivity index (χ3v) is 6.78. The fourth-order valence-corrected chi connectivity index (χ4v) is 5.24. The van der Waals surface area contributed by atoms with Crippen molar-refractivity contribution < 1.29 is 4.79 Å². The Hall–Kier alpha value is -1.95.